The van der Waals surface area contributed by atoms with Crippen LogP contribution in [0.4, 0.5) is 5.82 Å². The van der Waals surface area contributed by atoms with E-state index in [2.05, 4.69) is 15.4 Å². The number of anilines is 1. The van der Waals surface area contributed by atoms with Gasteiger partial charge in [0.25, 0.3) is 0 Å². The Hall–Kier alpha value is -3.62. The zero-order chi connectivity index (χ0) is 23.4. The summed E-state index contributed by atoms with van der Waals surface area (Å²) in [5.74, 6) is 1.46. The second-order valence-electron chi connectivity index (χ2n) is 7.04. The number of halogens is 1. The van der Waals surface area contributed by atoms with E-state index in [0.29, 0.717) is 27.5 Å². The maximum Gasteiger partial charge on any atom is 0.249 e. The smallest absolute Gasteiger partial charge is 0.249 e. The van der Waals surface area contributed by atoms with Gasteiger partial charge in [0.05, 0.1) is 25.6 Å². The van der Waals surface area contributed by atoms with Crippen LogP contribution in [0.3, 0.4) is 0 Å². The van der Waals surface area contributed by atoms with Gasteiger partial charge in [0.1, 0.15) is 5.82 Å². The van der Waals surface area contributed by atoms with Crippen LogP contribution in [0.1, 0.15) is 11.3 Å². The molecule has 33 heavy (non-hydrogen) atoms. The third-order valence-corrected chi connectivity index (χ3v) is 5.80. The summed E-state index contributed by atoms with van der Waals surface area (Å²) in [7, 11) is 3.14. The molecular formula is C24H21ClN4O3S. The molecule has 0 spiro atoms. The topological polar surface area (TPSA) is 78.3 Å². The molecule has 0 atom stereocenters. The Bertz CT molecular complexity index is 1310. The number of carbonyl (C=O) groups is 1. The second-order valence-corrected chi connectivity index (χ2v) is 8.31. The molecule has 2 aromatic carbocycles. The summed E-state index contributed by atoms with van der Waals surface area (Å²) in [5, 5.41) is 10.6. The van der Waals surface area contributed by atoms with E-state index in [4.69, 9.17) is 21.1 Å². The first kappa shape index (κ1) is 22.6. The summed E-state index contributed by atoms with van der Waals surface area (Å²) >= 11 is 7.41. The van der Waals surface area contributed by atoms with Crippen molar-refractivity contribution < 1.29 is 14.3 Å². The van der Waals surface area contributed by atoms with Crippen molar-refractivity contribution >= 4 is 40.7 Å². The number of nitrogens with zero attached hydrogens (tertiary/aromatic N) is 3. The summed E-state index contributed by atoms with van der Waals surface area (Å²) in [4.78, 5) is 17.3. The van der Waals surface area contributed by atoms with Crippen molar-refractivity contribution in [2.75, 3.05) is 19.5 Å². The van der Waals surface area contributed by atoms with Crippen LogP contribution in [-0.4, -0.2) is 34.9 Å². The van der Waals surface area contributed by atoms with Gasteiger partial charge in [-0.15, -0.1) is 11.3 Å². The molecule has 1 N–H and O–H groups in total. The first-order chi connectivity index (χ1) is 16.0. The van der Waals surface area contributed by atoms with E-state index in [1.807, 2.05) is 42.6 Å². The minimum atomic E-state index is -0.291. The molecule has 0 bridgehead atoms. The minimum absolute atomic E-state index is 0.291. The van der Waals surface area contributed by atoms with Crippen molar-refractivity contribution in [2.45, 2.75) is 6.92 Å². The molecule has 0 fully saturated rings. The Labute approximate surface area is 200 Å². The highest BCUT2D eigenvalue weighted by molar-refractivity contribution is 7.12. The lowest BCUT2D eigenvalue weighted by Gasteiger charge is -2.07. The zero-order valence-electron chi connectivity index (χ0n) is 18.2. The van der Waals surface area contributed by atoms with Gasteiger partial charge in [-0.3, -0.25) is 4.79 Å². The quantitative estimate of drug-likeness (QED) is 0.347. The normalized spacial score (nSPS) is 11.0. The number of nitrogens with one attached hydrogen (secondary N) is 1. The number of thiazole rings is 1. The molecule has 0 saturated heterocycles. The van der Waals surface area contributed by atoms with Crippen LogP contribution < -0.4 is 14.8 Å². The Kier molecular flexibility index (Phi) is 6.76. The van der Waals surface area contributed by atoms with Gasteiger partial charge in [0.2, 0.25) is 11.0 Å². The Balaban J connectivity index is 1.52. The summed E-state index contributed by atoms with van der Waals surface area (Å²) in [6.45, 7) is 1.86. The summed E-state index contributed by atoms with van der Waals surface area (Å²) < 4.78 is 12.2. The van der Waals surface area contributed by atoms with Crippen molar-refractivity contribution in [3.8, 4) is 27.9 Å². The van der Waals surface area contributed by atoms with Crippen LogP contribution in [-0.2, 0) is 4.79 Å². The first-order valence-electron chi connectivity index (χ1n) is 9.96. The van der Waals surface area contributed by atoms with E-state index >= 15 is 0 Å². The monoisotopic (exact) mass is 480 g/mol. The van der Waals surface area contributed by atoms with Crippen LogP contribution in [0.2, 0.25) is 5.02 Å². The molecule has 2 heterocycles. The molecule has 168 valence electrons. The van der Waals surface area contributed by atoms with E-state index in [-0.39, 0.29) is 5.91 Å². The standard InChI is InChI=1S/C24H21ClN4O3S/c1-15-12-22(27-23(30)11-5-16-4-10-20(31-2)21(13-16)32-3)29(28-15)24-26-19(14-33-24)17-6-8-18(25)9-7-17/h4-14H,1-3H3,(H,27,30)/b11-5+. The minimum Gasteiger partial charge on any atom is -0.493 e. The van der Waals surface area contributed by atoms with Crippen LogP contribution in [0.5, 0.6) is 11.5 Å². The molecule has 0 unspecified atom stereocenters. The van der Waals surface area contributed by atoms with Gasteiger partial charge in [0, 0.05) is 28.1 Å². The SMILES string of the molecule is COc1ccc(/C=C/C(=O)Nc2cc(C)nn2-c2nc(-c3ccc(Cl)cc3)cs2)cc1OC. The predicted octanol–water partition coefficient (Wildman–Crippen LogP) is 5.63. The molecule has 0 aliphatic rings. The van der Waals surface area contributed by atoms with Crippen LogP contribution in [0.25, 0.3) is 22.5 Å². The number of aryl methyl sites for hydroxylation is 1. The third-order valence-electron chi connectivity index (χ3n) is 4.73. The number of carbonyl (C=O) groups excluding carboxylic acids is 1. The molecule has 7 nitrogen and oxygen atoms in total. The maximum absolute atomic E-state index is 12.6. The average molecular weight is 481 g/mol. The van der Waals surface area contributed by atoms with Gasteiger partial charge in [-0.1, -0.05) is 29.8 Å². The Morgan fingerprint density at radius 3 is 2.58 bits per heavy atom. The van der Waals surface area contributed by atoms with Gasteiger partial charge < -0.3 is 14.8 Å². The van der Waals surface area contributed by atoms with Crippen molar-refractivity contribution in [2.24, 2.45) is 0 Å². The molecule has 0 aliphatic heterocycles. The molecule has 0 radical (unpaired) electrons. The third kappa shape index (κ3) is 5.24. The fourth-order valence-corrected chi connectivity index (χ4v) is 4.07. The van der Waals surface area contributed by atoms with Crippen molar-refractivity contribution in [3.63, 3.8) is 0 Å². The highest BCUT2D eigenvalue weighted by atomic mass is 35.5. The zero-order valence-corrected chi connectivity index (χ0v) is 19.8. The Morgan fingerprint density at radius 1 is 1.09 bits per heavy atom. The fourth-order valence-electron chi connectivity index (χ4n) is 3.15. The second kappa shape index (κ2) is 9.89. The molecule has 4 rings (SSSR count). The number of aromatic nitrogens is 3. The lowest BCUT2D eigenvalue weighted by atomic mass is 10.2. The van der Waals surface area contributed by atoms with Crippen LogP contribution in [0.15, 0.2) is 60.0 Å². The van der Waals surface area contributed by atoms with Gasteiger partial charge in [-0.2, -0.15) is 9.78 Å². The number of ether oxygens (including phenoxy) is 2. The largest absolute Gasteiger partial charge is 0.493 e. The fraction of sp³-hybridized carbons (Fsp3) is 0.125. The van der Waals surface area contributed by atoms with E-state index in [1.54, 1.807) is 43.2 Å². The number of amides is 1. The molecule has 4 aromatic rings. The highest BCUT2D eigenvalue weighted by Gasteiger charge is 2.14. The summed E-state index contributed by atoms with van der Waals surface area (Å²) in [6, 6.07) is 14.7. The molecular weight excluding hydrogens is 460 g/mol. The number of hydrogen-bond acceptors (Lipinski definition) is 6. The summed E-state index contributed by atoms with van der Waals surface area (Å²) in [5.41, 5.74) is 3.33. The van der Waals surface area contributed by atoms with Crippen molar-refractivity contribution in [3.05, 3.63) is 76.3 Å². The molecule has 2 aromatic heterocycles. The van der Waals surface area contributed by atoms with E-state index < -0.39 is 0 Å². The number of benzene rings is 2. The van der Waals surface area contributed by atoms with Gasteiger partial charge in [0.15, 0.2) is 11.5 Å². The number of rotatable bonds is 7. The molecule has 1 amide bonds. The van der Waals surface area contributed by atoms with Crippen molar-refractivity contribution in [1.82, 2.24) is 14.8 Å². The first-order valence-corrected chi connectivity index (χ1v) is 11.2. The van der Waals surface area contributed by atoms with Gasteiger partial charge in [-0.25, -0.2) is 4.98 Å². The Morgan fingerprint density at radius 2 is 1.85 bits per heavy atom. The predicted molar refractivity (Wildman–Crippen MR) is 132 cm³/mol. The van der Waals surface area contributed by atoms with Crippen molar-refractivity contribution in [1.29, 1.82) is 0 Å². The molecule has 0 aliphatic carbocycles. The summed E-state index contributed by atoms with van der Waals surface area (Å²) in [6.07, 6.45) is 3.15. The van der Waals surface area contributed by atoms with Gasteiger partial charge >= 0.3 is 0 Å². The van der Waals surface area contributed by atoms with Gasteiger partial charge in [-0.05, 0) is 42.8 Å². The average Bonchev–Trinajstić information content (AvgIpc) is 3.44. The number of methoxy groups -OCH3 is 2. The highest BCUT2D eigenvalue weighted by Crippen LogP contribution is 2.29. The maximum atomic E-state index is 12.6. The number of hydrogen-bond donors (Lipinski definition) is 1. The van der Waals surface area contributed by atoms with E-state index in [0.717, 1.165) is 22.5 Å². The van der Waals surface area contributed by atoms with Crippen LogP contribution in [0, 0.1) is 6.92 Å². The lowest BCUT2D eigenvalue weighted by molar-refractivity contribution is -0.111. The van der Waals surface area contributed by atoms with E-state index in [1.165, 1.54) is 17.4 Å². The van der Waals surface area contributed by atoms with Crippen LogP contribution >= 0.6 is 22.9 Å². The lowest BCUT2D eigenvalue weighted by Crippen LogP contribution is -2.12. The molecule has 9 heteroatoms. The van der Waals surface area contributed by atoms with E-state index in [9.17, 15) is 4.79 Å². The molecule has 0 saturated carbocycles.